The number of Topliss-reactive ketones (excluding diaryl/α,β-unsaturated/α-hetero) is 1. The van der Waals surface area contributed by atoms with Crippen LogP contribution in [0.15, 0.2) is 16.6 Å². The SMILES string of the molecule is CCCC(C)COc1c(C(C)=O)cc(Br)cc1[N+](=O)[O-]. The van der Waals surface area contributed by atoms with Crippen LogP contribution < -0.4 is 4.74 Å². The van der Waals surface area contributed by atoms with Crippen molar-refractivity contribution in [3.8, 4) is 5.75 Å². The lowest BCUT2D eigenvalue weighted by molar-refractivity contribution is -0.386. The summed E-state index contributed by atoms with van der Waals surface area (Å²) in [5, 5.41) is 11.1. The average Bonchev–Trinajstić information content (AvgIpc) is 2.36. The van der Waals surface area contributed by atoms with E-state index in [4.69, 9.17) is 4.74 Å². The van der Waals surface area contributed by atoms with Gasteiger partial charge >= 0.3 is 5.69 Å². The van der Waals surface area contributed by atoms with Gasteiger partial charge in [0.1, 0.15) is 0 Å². The Hall–Kier alpha value is -1.43. The van der Waals surface area contributed by atoms with Gasteiger partial charge in [-0.2, -0.15) is 0 Å². The highest BCUT2D eigenvalue weighted by Gasteiger charge is 2.23. The van der Waals surface area contributed by atoms with Crippen molar-refractivity contribution in [1.82, 2.24) is 0 Å². The summed E-state index contributed by atoms with van der Waals surface area (Å²) >= 11 is 3.18. The van der Waals surface area contributed by atoms with Gasteiger partial charge in [0, 0.05) is 10.5 Å². The van der Waals surface area contributed by atoms with Crippen LogP contribution in [0.2, 0.25) is 0 Å². The Morgan fingerprint density at radius 3 is 2.65 bits per heavy atom. The Morgan fingerprint density at radius 1 is 1.50 bits per heavy atom. The number of nitro benzene ring substituents is 1. The third kappa shape index (κ3) is 4.30. The fourth-order valence-electron chi connectivity index (χ4n) is 1.93. The molecular weight excluding hydrogens is 326 g/mol. The molecule has 0 aliphatic rings. The van der Waals surface area contributed by atoms with Crippen molar-refractivity contribution in [3.63, 3.8) is 0 Å². The van der Waals surface area contributed by atoms with E-state index in [0.29, 0.717) is 11.1 Å². The molecule has 0 aliphatic heterocycles. The maximum absolute atomic E-state index is 11.6. The zero-order chi connectivity index (χ0) is 15.3. The molecule has 1 unspecified atom stereocenters. The van der Waals surface area contributed by atoms with E-state index >= 15 is 0 Å². The van der Waals surface area contributed by atoms with E-state index in [-0.39, 0.29) is 28.7 Å². The molecule has 110 valence electrons. The Morgan fingerprint density at radius 2 is 2.15 bits per heavy atom. The molecular formula is C14H18BrNO4. The molecule has 0 fully saturated rings. The summed E-state index contributed by atoms with van der Waals surface area (Å²) in [6.07, 6.45) is 1.99. The molecule has 0 radical (unpaired) electrons. The number of carbonyl (C=O) groups excluding carboxylic acids is 1. The van der Waals surface area contributed by atoms with Crippen molar-refractivity contribution < 1.29 is 14.5 Å². The summed E-state index contributed by atoms with van der Waals surface area (Å²) in [7, 11) is 0. The third-order valence-corrected chi connectivity index (χ3v) is 3.36. The predicted octanol–water partition coefficient (Wildman–Crippen LogP) is 4.37. The summed E-state index contributed by atoms with van der Waals surface area (Å²) in [6, 6.07) is 2.90. The Labute approximate surface area is 126 Å². The van der Waals surface area contributed by atoms with Gasteiger partial charge in [-0.25, -0.2) is 0 Å². The van der Waals surface area contributed by atoms with Crippen LogP contribution in [0.5, 0.6) is 5.75 Å². The van der Waals surface area contributed by atoms with Crippen molar-refractivity contribution in [2.45, 2.75) is 33.6 Å². The number of nitrogens with zero attached hydrogens (tertiary/aromatic N) is 1. The number of hydrogen-bond acceptors (Lipinski definition) is 4. The first-order valence-corrected chi connectivity index (χ1v) is 7.27. The van der Waals surface area contributed by atoms with E-state index in [0.717, 1.165) is 12.8 Å². The molecule has 1 rings (SSSR count). The minimum atomic E-state index is -0.531. The van der Waals surface area contributed by atoms with Crippen LogP contribution in [0.3, 0.4) is 0 Å². The minimum absolute atomic E-state index is 0.0636. The van der Waals surface area contributed by atoms with E-state index in [1.165, 1.54) is 13.0 Å². The van der Waals surface area contributed by atoms with Gasteiger partial charge in [-0.05, 0) is 25.3 Å². The lowest BCUT2D eigenvalue weighted by Crippen LogP contribution is -2.12. The standard InChI is InChI=1S/C14H18BrNO4/c1-4-5-9(2)8-20-14-12(10(3)17)6-11(15)7-13(14)16(18)19/h6-7,9H,4-5,8H2,1-3H3. The molecule has 6 heteroatoms. The lowest BCUT2D eigenvalue weighted by atomic mass is 10.1. The number of ether oxygens (including phenoxy) is 1. The highest BCUT2D eigenvalue weighted by molar-refractivity contribution is 9.10. The first kappa shape index (κ1) is 16.6. The third-order valence-electron chi connectivity index (χ3n) is 2.90. The molecule has 0 saturated carbocycles. The van der Waals surface area contributed by atoms with Gasteiger partial charge in [0.2, 0.25) is 5.75 Å². The summed E-state index contributed by atoms with van der Waals surface area (Å²) in [5.74, 6) is 0.0873. The number of halogens is 1. The van der Waals surface area contributed by atoms with Crippen LogP contribution in [0.1, 0.15) is 44.0 Å². The molecule has 0 N–H and O–H groups in total. The summed E-state index contributed by atoms with van der Waals surface area (Å²) in [4.78, 5) is 22.2. The van der Waals surface area contributed by atoms with E-state index in [1.54, 1.807) is 6.07 Å². The molecule has 0 spiro atoms. The van der Waals surface area contributed by atoms with Crippen molar-refractivity contribution in [3.05, 3.63) is 32.3 Å². The molecule has 5 nitrogen and oxygen atoms in total. The van der Waals surface area contributed by atoms with Gasteiger partial charge in [-0.3, -0.25) is 14.9 Å². The second-order valence-electron chi connectivity index (χ2n) is 4.82. The molecule has 1 aromatic rings. The number of hydrogen-bond donors (Lipinski definition) is 0. The monoisotopic (exact) mass is 343 g/mol. The number of rotatable bonds is 7. The second kappa shape index (κ2) is 7.38. The summed E-state index contributed by atoms with van der Waals surface area (Å²) < 4.78 is 6.07. The molecule has 0 aromatic heterocycles. The maximum atomic E-state index is 11.6. The van der Waals surface area contributed by atoms with E-state index in [1.807, 2.05) is 6.92 Å². The highest BCUT2D eigenvalue weighted by atomic mass is 79.9. The fourth-order valence-corrected chi connectivity index (χ4v) is 2.38. The van der Waals surface area contributed by atoms with Crippen molar-refractivity contribution in [2.24, 2.45) is 5.92 Å². The van der Waals surface area contributed by atoms with Crippen LogP contribution >= 0.6 is 15.9 Å². The number of ketones is 1. The first-order chi connectivity index (χ1) is 9.36. The number of carbonyl (C=O) groups is 1. The molecule has 0 heterocycles. The molecule has 1 atom stereocenters. The van der Waals surface area contributed by atoms with Gasteiger partial charge in [-0.15, -0.1) is 0 Å². The Bertz CT molecular complexity index is 481. The van der Waals surface area contributed by atoms with Crippen LogP contribution in [0.4, 0.5) is 5.69 Å². The van der Waals surface area contributed by atoms with Crippen molar-refractivity contribution >= 4 is 27.4 Å². The predicted molar refractivity (Wildman–Crippen MR) is 80.4 cm³/mol. The Kier molecular flexibility index (Phi) is 6.13. The largest absolute Gasteiger partial charge is 0.486 e. The van der Waals surface area contributed by atoms with Crippen molar-refractivity contribution in [1.29, 1.82) is 0 Å². The minimum Gasteiger partial charge on any atom is -0.486 e. The van der Waals surface area contributed by atoms with Crippen LogP contribution in [0.25, 0.3) is 0 Å². The van der Waals surface area contributed by atoms with Gasteiger partial charge in [0.25, 0.3) is 0 Å². The number of benzene rings is 1. The topological polar surface area (TPSA) is 69.4 Å². The number of nitro groups is 1. The summed E-state index contributed by atoms with van der Waals surface area (Å²) in [6.45, 7) is 5.81. The molecule has 1 aromatic carbocycles. The molecule has 0 aliphatic carbocycles. The first-order valence-electron chi connectivity index (χ1n) is 6.48. The van der Waals surface area contributed by atoms with Crippen LogP contribution in [-0.4, -0.2) is 17.3 Å². The van der Waals surface area contributed by atoms with Gasteiger partial charge < -0.3 is 4.74 Å². The smallest absolute Gasteiger partial charge is 0.312 e. The molecule has 0 amide bonds. The summed E-state index contributed by atoms with van der Waals surface area (Å²) in [5.41, 5.74) is 0.0445. The lowest BCUT2D eigenvalue weighted by Gasteiger charge is -2.14. The van der Waals surface area contributed by atoms with E-state index in [2.05, 4.69) is 22.9 Å². The second-order valence-corrected chi connectivity index (χ2v) is 5.74. The zero-order valence-electron chi connectivity index (χ0n) is 11.8. The normalized spacial score (nSPS) is 12.0. The van der Waals surface area contributed by atoms with Crippen molar-refractivity contribution in [2.75, 3.05) is 6.61 Å². The fraction of sp³-hybridized carbons (Fsp3) is 0.500. The average molecular weight is 344 g/mol. The molecule has 0 saturated heterocycles. The maximum Gasteiger partial charge on any atom is 0.312 e. The zero-order valence-corrected chi connectivity index (χ0v) is 13.4. The van der Waals surface area contributed by atoms with Gasteiger partial charge in [0.05, 0.1) is 17.1 Å². The highest BCUT2D eigenvalue weighted by Crippen LogP contribution is 2.35. The van der Waals surface area contributed by atoms with E-state index in [9.17, 15) is 14.9 Å². The van der Waals surface area contributed by atoms with Gasteiger partial charge in [0.15, 0.2) is 5.78 Å². The van der Waals surface area contributed by atoms with Crippen LogP contribution in [-0.2, 0) is 0 Å². The molecule has 0 bridgehead atoms. The van der Waals surface area contributed by atoms with E-state index < -0.39 is 4.92 Å². The van der Waals surface area contributed by atoms with Crippen LogP contribution in [0, 0.1) is 16.0 Å². The van der Waals surface area contributed by atoms with Gasteiger partial charge in [-0.1, -0.05) is 36.2 Å². The quantitative estimate of drug-likeness (QED) is 0.418. The Balaban J connectivity index is 3.13. The molecule has 20 heavy (non-hydrogen) atoms.